The van der Waals surface area contributed by atoms with Crippen LogP contribution in [0.1, 0.15) is 84.2 Å². The summed E-state index contributed by atoms with van der Waals surface area (Å²) >= 11 is 0. The third-order valence-corrected chi connectivity index (χ3v) is 9.69. The predicted molar refractivity (Wildman–Crippen MR) is 220 cm³/mol. The Hall–Kier alpha value is -6.70. The van der Waals surface area contributed by atoms with Gasteiger partial charge in [0.25, 0.3) is 5.91 Å². The number of benzene rings is 4. The number of nitrogens with one attached hydrogen (secondary N) is 2. The third kappa shape index (κ3) is 9.45. The Morgan fingerprint density at radius 2 is 1.55 bits per heavy atom. The molecule has 0 radical (unpaired) electrons. The molecule has 3 amide bonds. The number of fused-ring (bicyclic) bond motifs is 1. The van der Waals surface area contributed by atoms with Crippen molar-refractivity contribution in [2.45, 2.75) is 64.8 Å². The van der Waals surface area contributed by atoms with Gasteiger partial charge >= 0.3 is 12.1 Å². The van der Waals surface area contributed by atoms with Gasteiger partial charge in [-0.1, -0.05) is 30.3 Å². The van der Waals surface area contributed by atoms with Crippen LogP contribution in [0.4, 0.5) is 10.5 Å². The number of carbonyl (C=O) groups is 4. The Labute approximate surface area is 337 Å². The van der Waals surface area contributed by atoms with Crippen LogP contribution >= 0.6 is 0 Å². The Kier molecular flexibility index (Phi) is 12.4. The lowest BCUT2D eigenvalue weighted by molar-refractivity contribution is -0.123. The van der Waals surface area contributed by atoms with E-state index in [0.29, 0.717) is 83.0 Å². The first-order valence-electron chi connectivity index (χ1n) is 19.2. The first-order valence-corrected chi connectivity index (χ1v) is 19.2. The van der Waals surface area contributed by atoms with Crippen molar-refractivity contribution in [1.82, 2.24) is 19.8 Å². The molecule has 0 saturated carbocycles. The molecule has 14 heteroatoms. The third-order valence-electron chi connectivity index (χ3n) is 9.69. The maximum absolute atomic E-state index is 14.6. The van der Waals surface area contributed by atoms with Gasteiger partial charge in [-0.25, -0.2) is 14.6 Å². The molecule has 1 aromatic heterocycles. The maximum Gasteiger partial charge on any atom is 0.410 e. The van der Waals surface area contributed by atoms with Crippen molar-refractivity contribution in [1.29, 1.82) is 5.41 Å². The van der Waals surface area contributed by atoms with Gasteiger partial charge in [-0.3, -0.25) is 15.0 Å². The molecule has 6 rings (SSSR count). The standard InChI is InChI=1S/C44H49N7O7/c1-6-47-40(52)38(28-10-8-7-9-11-28)51-36-21-16-31(39(45)46)26-35(36)48-37(51)27-50(41(53)29-12-14-30(15-13-29)42(54)56-5)32-17-19-33(20-18-32)57-34-22-24-49(25-23-34)43(55)58-44(2,3)4/h7-21,26,34,38H,6,22-25,27H2,1-5H3,(H3,45,46)(H,47,52)/t38-/m0/s1. The van der Waals surface area contributed by atoms with Gasteiger partial charge in [0.05, 0.1) is 30.3 Å². The fourth-order valence-electron chi connectivity index (χ4n) is 6.86. The van der Waals surface area contributed by atoms with E-state index < -0.39 is 23.5 Å². The van der Waals surface area contributed by atoms with E-state index in [4.69, 9.17) is 30.3 Å². The fraction of sp³-hybridized carbons (Fsp3) is 0.318. The highest BCUT2D eigenvalue weighted by molar-refractivity contribution is 6.06. The average Bonchev–Trinajstić information content (AvgIpc) is 3.56. The summed E-state index contributed by atoms with van der Waals surface area (Å²) in [5, 5.41) is 11.0. The van der Waals surface area contributed by atoms with E-state index in [0.717, 1.165) is 0 Å². The molecule has 1 fully saturated rings. The van der Waals surface area contributed by atoms with E-state index in [9.17, 15) is 19.2 Å². The molecule has 0 bridgehead atoms. The molecule has 5 aromatic rings. The number of rotatable bonds is 12. The number of nitrogens with two attached hydrogens (primary N) is 1. The summed E-state index contributed by atoms with van der Waals surface area (Å²) < 4.78 is 18.5. The van der Waals surface area contributed by atoms with E-state index in [1.54, 1.807) is 64.4 Å². The smallest absolute Gasteiger partial charge is 0.410 e. The number of imidazole rings is 1. The van der Waals surface area contributed by atoms with E-state index in [1.807, 2.05) is 62.6 Å². The van der Waals surface area contributed by atoms with E-state index in [2.05, 4.69) is 5.32 Å². The molecular weight excluding hydrogens is 739 g/mol. The van der Waals surface area contributed by atoms with Gasteiger partial charge in [-0.15, -0.1) is 0 Å². The van der Waals surface area contributed by atoms with Crippen molar-refractivity contribution < 1.29 is 33.4 Å². The number of nitrogen functional groups attached to an aromatic ring is 1. The SMILES string of the molecule is CCNC(=O)[C@H](c1ccccc1)n1c(CN(C(=O)c2ccc(C(=O)OC)cc2)c2ccc(OC3CCN(C(=O)OC(C)(C)C)CC3)cc2)nc2cc(C(=N)N)ccc21. The lowest BCUT2D eigenvalue weighted by Gasteiger charge is -2.33. The highest BCUT2D eigenvalue weighted by Crippen LogP contribution is 2.31. The summed E-state index contributed by atoms with van der Waals surface area (Å²) in [4.78, 5) is 61.6. The van der Waals surface area contributed by atoms with Crippen LogP contribution in [0, 0.1) is 5.41 Å². The molecule has 58 heavy (non-hydrogen) atoms. The second-order valence-electron chi connectivity index (χ2n) is 15.0. The van der Waals surface area contributed by atoms with Crippen molar-refractivity contribution in [3.8, 4) is 5.75 Å². The van der Waals surface area contributed by atoms with Gasteiger partial charge in [0.1, 0.15) is 35.2 Å². The minimum absolute atomic E-state index is 0.0757. The Morgan fingerprint density at radius 3 is 2.16 bits per heavy atom. The minimum atomic E-state index is -0.863. The molecule has 302 valence electrons. The first-order chi connectivity index (χ1) is 27.8. The van der Waals surface area contributed by atoms with E-state index in [-0.39, 0.29) is 30.5 Å². The number of esters is 1. The number of ether oxygens (including phenoxy) is 3. The molecule has 0 aliphatic carbocycles. The largest absolute Gasteiger partial charge is 0.490 e. The summed E-state index contributed by atoms with van der Waals surface area (Å²) in [7, 11) is 1.29. The molecule has 0 spiro atoms. The summed E-state index contributed by atoms with van der Waals surface area (Å²) in [6.07, 6.45) is 0.791. The molecule has 1 aliphatic heterocycles. The van der Waals surface area contributed by atoms with Crippen LogP contribution in [0.3, 0.4) is 0 Å². The number of likely N-dealkylation sites (N-methyl/N-ethyl adjacent to an activating group) is 1. The van der Waals surface area contributed by atoms with Crippen LogP contribution in [-0.4, -0.2) is 82.6 Å². The first kappa shape index (κ1) is 40.9. The number of amidine groups is 1. The van der Waals surface area contributed by atoms with E-state index >= 15 is 0 Å². The zero-order chi connectivity index (χ0) is 41.6. The molecule has 1 saturated heterocycles. The monoisotopic (exact) mass is 787 g/mol. The number of amides is 3. The summed E-state index contributed by atoms with van der Waals surface area (Å²) in [6.45, 7) is 8.69. The zero-order valence-corrected chi connectivity index (χ0v) is 33.4. The topological polar surface area (TPSA) is 182 Å². The van der Waals surface area contributed by atoms with Crippen LogP contribution in [0.5, 0.6) is 5.75 Å². The summed E-state index contributed by atoms with van der Waals surface area (Å²) in [5.41, 5.74) is 8.67. The van der Waals surface area contributed by atoms with Crippen LogP contribution in [-0.2, 0) is 20.8 Å². The molecule has 4 aromatic carbocycles. The van der Waals surface area contributed by atoms with Gasteiger partial charge in [-0.2, -0.15) is 0 Å². The fourth-order valence-corrected chi connectivity index (χ4v) is 6.86. The number of likely N-dealkylation sites (tertiary alicyclic amines) is 1. The van der Waals surface area contributed by atoms with Crippen molar-refractivity contribution in [3.63, 3.8) is 0 Å². The average molecular weight is 788 g/mol. The van der Waals surface area contributed by atoms with Gasteiger partial charge in [0.15, 0.2) is 0 Å². The number of methoxy groups -OCH3 is 1. The van der Waals surface area contributed by atoms with Crippen molar-refractivity contribution in [2.75, 3.05) is 31.6 Å². The lowest BCUT2D eigenvalue weighted by atomic mass is 10.0. The lowest BCUT2D eigenvalue weighted by Crippen LogP contribution is -2.44. The summed E-state index contributed by atoms with van der Waals surface area (Å²) in [6, 6.07) is 27.0. The van der Waals surface area contributed by atoms with Crippen LogP contribution < -0.4 is 20.7 Å². The molecule has 1 atom stereocenters. The van der Waals surface area contributed by atoms with Crippen LogP contribution in [0.25, 0.3) is 11.0 Å². The molecular formula is C44H49N7O7. The number of nitrogens with zero attached hydrogens (tertiary/aromatic N) is 4. The van der Waals surface area contributed by atoms with Crippen LogP contribution in [0.2, 0.25) is 0 Å². The second kappa shape index (κ2) is 17.6. The number of carbonyl (C=O) groups excluding carboxylic acids is 4. The van der Waals surface area contributed by atoms with Crippen molar-refractivity contribution in [2.24, 2.45) is 5.73 Å². The van der Waals surface area contributed by atoms with Gasteiger partial charge in [0, 0.05) is 49.3 Å². The highest BCUT2D eigenvalue weighted by atomic mass is 16.6. The molecule has 2 heterocycles. The maximum atomic E-state index is 14.6. The Bertz CT molecular complexity index is 2280. The second-order valence-corrected chi connectivity index (χ2v) is 15.0. The zero-order valence-electron chi connectivity index (χ0n) is 33.4. The highest BCUT2D eigenvalue weighted by Gasteiger charge is 2.31. The predicted octanol–water partition coefficient (Wildman–Crippen LogP) is 6.46. The molecule has 1 aliphatic rings. The van der Waals surface area contributed by atoms with Gasteiger partial charge in [0.2, 0.25) is 5.91 Å². The normalized spacial score (nSPS) is 13.7. The van der Waals surface area contributed by atoms with Crippen molar-refractivity contribution >= 4 is 46.4 Å². The number of piperidine rings is 1. The molecule has 14 nitrogen and oxygen atoms in total. The van der Waals surface area contributed by atoms with Gasteiger partial charge in [-0.05, 0) is 100.0 Å². The molecule has 0 unspecified atom stereocenters. The number of aromatic nitrogens is 2. The van der Waals surface area contributed by atoms with E-state index in [1.165, 1.54) is 19.2 Å². The number of hydrogen-bond donors (Lipinski definition) is 3. The van der Waals surface area contributed by atoms with Crippen molar-refractivity contribution in [3.05, 3.63) is 125 Å². The van der Waals surface area contributed by atoms with Crippen LogP contribution in [0.15, 0.2) is 97.1 Å². The number of anilines is 1. The minimum Gasteiger partial charge on any atom is -0.490 e. The molecule has 4 N–H and O–H groups in total. The Morgan fingerprint density at radius 1 is 0.914 bits per heavy atom. The Balaban J connectivity index is 1.37. The quantitative estimate of drug-likeness (QED) is 0.0726. The van der Waals surface area contributed by atoms with Gasteiger partial charge < -0.3 is 39.6 Å². The number of hydrogen-bond acceptors (Lipinski definition) is 9. The summed E-state index contributed by atoms with van der Waals surface area (Å²) in [5.74, 6) is -0.329.